The molecule has 5 heteroatoms. The SMILES string of the molecule is CCc1ccccc1NC(=O)C1CCCN(c2cc(-c3ccccc3)ncn2)C1. The van der Waals surface area contributed by atoms with E-state index in [0.717, 1.165) is 54.1 Å². The van der Waals surface area contributed by atoms with Gasteiger partial charge in [0.2, 0.25) is 5.91 Å². The molecule has 1 aliphatic rings. The lowest BCUT2D eigenvalue weighted by Gasteiger charge is -2.33. The molecule has 0 spiro atoms. The number of nitrogens with one attached hydrogen (secondary N) is 1. The zero-order valence-corrected chi connectivity index (χ0v) is 16.7. The van der Waals surface area contributed by atoms with Crippen LogP contribution in [0, 0.1) is 5.92 Å². The molecule has 5 nitrogen and oxygen atoms in total. The topological polar surface area (TPSA) is 58.1 Å². The minimum absolute atomic E-state index is 0.0520. The second kappa shape index (κ2) is 8.86. The number of hydrogen-bond acceptors (Lipinski definition) is 4. The Bertz CT molecular complexity index is 973. The molecule has 1 aliphatic heterocycles. The van der Waals surface area contributed by atoms with Gasteiger partial charge in [-0.15, -0.1) is 0 Å². The Morgan fingerprint density at radius 3 is 2.72 bits per heavy atom. The zero-order valence-electron chi connectivity index (χ0n) is 16.7. The highest BCUT2D eigenvalue weighted by molar-refractivity contribution is 5.93. The van der Waals surface area contributed by atoms with Crippen LogP contribution in [0.15, 0.2) is 67.0 Å². The number of hydrogen-bond donors (Lipinski definition) is 1. The molecular weight excluding hydrogens is 360 g/mol. The van der Waals surface area contributed by atoms with Crippen molar-refractivity contribution in [3.8, 4) is 11.3 Å². The molecule has 148 valence electrons. The van der Waals surface area contributed by atoms with Crippen molar-refractivity contribution in [2.75, 3.05) is 23.3 Å². The van der Waals surface area contributed by atoms with Crippen molar-refractivity contribution < 1.29 is 4.79 Å². The quantitative estimate of drug-likeness (QED) is 0.698. The first-order valence-corrected chi connectivity index (χ1v) is 10.3. The van der Waals surface area contributed by atoms with Crippen molar-refractivity contribution in [1.29, 1.82) is 0 Å². The van der Waals surface area contributed by atoms with E-state index in [0.29, 0.717) is 6.54 Å². The second-order valence-electron chi connectivity index (χ2n) is 7.41. The van der Waals surface area contributed by atoms with E-state index < -0.39 is 0 Å². The van der Waals surface area contributed by atoms with Gasteiger partial charge in [-0.05, 0) is 30.9 Å². The van der Waals surface area contributed by atoms with Gasteiger partial charge in [0, 0.05) is 30.4 Å². The van der Waals surface area contributed by atoms with Crippen LogP contribution in [0.5, 0.6) is 0 Å². The summed E-state index contributed by atoms with van der Waals surface area (Å²) in [6.45, 7) is 3.68. The first kappa shape index (κ1) is 19.1. The first-order chi connectivity index (χ1) is 14.2. The molecular formula is C24H26N4O. The molecule has 4 rings (SSSR count). The maximum Gasteiger partial charge on any atom is 0.229 e. The maximum absolute atomic E-state index is 12.9. The molecule has 0 saturated carbocycles. The molecule has 1 atom stereocenters. The number of piperidine rings is 1. The predicted molar refractivity (Wildman–Crippen MR) is 117 cm³/mol. The maximum atomic E-state index is 12.9. The van der Waals surface area contributed by atoms with Crippen LogP contribution < -0.4 is 10.2 Å². The van der Waals surface area contributed by atoms with Crippen LogP contribution in [0.3, 0.4) is 0 Å². The average Bonchev–Trinajstić information content (AvgIpc) is 2.80. The van der Waals surface area contributed by atoms with Crippen molar-refractivity contribution in [1.82, 2.24) is 9.97 Å². The van der Waals surface area contributed by atoms with Crippen LogP contribution in [0.2, 0.25) is 0 Å². The van der Waals surface area contributed by atoms with Gasteiger partial charge in [0.05, 0.1) is 11.6 Å². The van der Waals surface area contributed by atoms with Gasteiger partial charge >= 0.3 is 0 Å². The Labute approximate surface area is 171 Å². The van der Waals surface area contributed by atoms with Gasteiger partial charge in [0.1, 0.15) is 12.1 Å². The van der Waals surface area contributed by atoms with E-state index in [4.69, 9.17) is 0 Å². The van der Waals surface area contributed by atoms with Gasteiger partial charge in [-0.1, -0.05) is 55.5 Å². The molecule has 0 aliphatic carbocycles. The van der Waals surface area contributed by atoms with Crippen LogP contribution in [-0.2, 0) is 11.2 Å². The minimum Gasteiger partial charge on any atom is -0.356 e. The molecule has 29 heavy (non-hydrogen) atoms. The molecule has 1 saturated heterocycles. The predicted octanol–water partition coefficient (Wildman–Crippen LogP) is 4.56. The smallest absolute Gasteiger partial charge is 0.229 e. The van der Waals surface area contributed by atoms with Gasteiger partial charge in [-0.25, -0.2) is 9.97 Å². The van der Waals surface area contributed by atoms with E-state index in [1.807, 2.05) is 54.6 Å². The van der Waals surface area contributed by atoms with Crippen molar-refractivity contribution in [3.05, 3.63) is 72.6 Å². The third-order valence-corrected chi connectivity index (χ3v) is 5.49. The number of nitrogens with zero attached hydrogens (tertiary/aromatic N) is 3. The highest BCUT2D eigenvalue weighted by atomic mass is 16.1. The van der Waals surface area contributed by atoms with Crippen LogP contribution in [0.1, 0.15) is 25.3 Å². The van der Waals surface area contributed by atoms with E-state index in [9.17, 15) is 4.79 Å². The number of aromatic nitrogens is 2. The average molecular weight is 386 g/mol. The molecule has 0 bridgehead atoms. The number of benzene rings is 2. The molecule has 3 aromatic rings. The highest BCUT2D eigenvalue weighted by Crippen LogP contribution is 2.26. The van der Waals surface area contributed by atoms with E-state index in [1.165, 1.54) is 0 Å². The summed E-state index contributed by atoms with van der Waals surface area (Å²) in [7, 11) is 0. The van der Waals surface area contributed by atoms with Gasteiger partial charge < -0.3 is 10.2 Å². The lowest BCUT2D eigenvalue weighted by molar-refractivity contribution is -0.120. The summed E-state index contributed by atoms with van der Waals surface area (Å²) in [6, 6.07) is 20.1. The lowest BCUT2D eigenvalue weighted by atomic mass is 9.96. The monoisotopic (exact) mass is 386 g/mol. The summed E-state index contributed by atoms with van der Waals surface area (Å²) in [5.41, 5.74) is 4.06. The van der Waals surface area contributed by atoms with Crippen molar-refractivity contribution in [2.45, 2.75) is 26.2 Å². The van der Waals surface area contributed by atoms with Gasteiger partial charge in [0.25, 0.3) is 0 Å². The van der Waals surface area contributed by atoms with E-state index in [1.54, 1.807) is 6.33 Å². The van der Waals surface area contributed by atoms with Crippen molar-refractivity contribution in [2.24, 2.45) is 5.92 Å². The number of rotatable bonds is 5. The summed E-state index contributed by atoms with van der Waals surface area (Å²) in [6.07, 6.45) is 4.38. The van der Waals surface area contributed by atoms with Crippen molar-refractivity contribution in [3.63, 3.8) is 0 Å². The number of amides is 1. The molecule has 2 heterocycles. The molecule has 1 amide bonds. The van der Waals surface area contributed by atoms with Gasteiger partial charge in [-0.2, -0.15) is 0 Å². The molecule has 1 fully saturated rings. The summed E-state index contributed by atoms with van der Waals surface area (Å²) in [4.78, 5) is 24.0. The second-order valence-corrected chi connectivity index (χ2v) is 7.41. The normalized spacial score (nSPS) is 16.4. The van der Waals surface area contributed by atoms with Gasteiger partial charge in [-0.3, -0.25) is 4.79 Å². The molecule has 1 N–H and O–H groups in total. The van der Waals surface area contributed by atoms with E-state index >= 15 is 0 Å². The third kappa shape index (κ3) is 4.45. The molecule has 2 aromatic carbocycles. The van der Waals surface area contributed by atoms with E-state index in [-0.39, 0.29) is 11.8 Å². The van der Waals surface area contributed by atoms with Crippen LogP contribution >= 0.6 is 0 Å². The Balaban J connectivity index is 1.48. The number of carbonyl (C=O) groups is 1. The van der Waals surface area contributed by atoms with E-state index in [2.05, 4.69) is 33.2 Å². The fourth-order valence-corrected chi connectivity index (χ4v) is 3.87. The standard InChI is InChI=1S/C24H26N4O/c1-2-18-9-6-7-13-21(18)27-24(29)20-12-8-14-28(16-20)23-15-22(25-17-26-23)19-10-4-3-5-11-19/h3-7,9-11,13,15,17,20H,2,8,12,14,16H2,1H3,(H,27,29). The van der Waals surface area contributed by atoms with Crippen molar-refractivity contribution >= 4 is 17.4 Å². The Morgan fingerprint density at radius 1 is 1.10 bits per heavy atom. The Kier molecular flexibility index (Phi) is 5.84. The van der Waals surface area contributed by atoms with Crippen LogP contribution in [-0.4, -0.2) is 29.0 Å². The largest absolute Gasteiger partial charge is 0.356 e. The Morgan fingerprint density at radius 2 is 1.90 bits per heavy atom. The highest BCUT2D eigenvalue weighted by Gasteiger charge is 2.27. The number of anilines is 2. The number of carbonyl (C=O) groups excluding carboxylic acids is 1. The molecule has 0 radical (unpaired) electrons. The molecule has 1 aromatic heterocycles. The third-order valence-electron chi connectivity index (χ3n) is 5.49. The number of aryl methyl sites for hydroxylation is 1. The minimum atomic E-state index is -0.0520. The summed E-state index contributed by atoms with van der Waals surface area (Å²) in [5, 5.41) is 3.14. The molecule has 1 unspecified atom stereocenters. The van der Waals surface area contributed by atoms with Gasteiger partial charge in [0.15, 0.2) is 0 Å². The summed E-state index contributed by atoms with van der Waals surface area (Å²) < 4.78 is 0. The fourth-order valence-electron chi connectivity index (χ4n) is 3.87. The fraction of sp³-hybridized carbons (Fsp3) is 0.292. The van der Waals surface area contributed by atoms with Crippen LogP contribution in [0.25, 0.3) is 11.3 Å². The zero-order chi connectivity index (χ0) is 20.1. The lowest BCUT2D eigenvalue weighted by Crippen LogP contribution is -2.41. The summed E-state index contributed by atoms with van der Waals surface area (Å²) >= 11 is 0. The number of para-hydroxylation sites is 1. The van der Waals surface area contributed by atoms with Crippen LogP contribution in [0.4, 0.5) is 11.5 Å². The summed E-state index contributed by atoms with van der Waals surface area (Å²) in [5.74, 6) is 0.919. The Hall–Kier alpha value is -3.21. The first-order valence-electron chi connectivity index (χ1n) is 10.3.